The predicted molar refractivity (Wildman–Crippen MR) is 114 cm³/mol. The molecular formula is C24H32N2O2. The topological polar surface area (TPSA) is 41.6 Å². The summed E-state index contributed by atoms with van der Waals surface area (Å²) in [5.74, 6) is -0.0313. The van der Waals surface area contributed by atoms with E-state index in [-0.39, 0.29) is 17.4 Å². The van der Waals surface area contributed by atoms with E-state index in [1.807, 2.05) is 25.1 Å². The number of nitrogens with zero attached hydrogens (tertiary/aromatic N) is 1. The van der Waals surface area contributed by atoms with Crippen molar-refractivity contribution >= 4 is 5.91 Å². The van der Waals surface area contributed by atoms with Crippen LogP contribution in [-0.2, 0) is 16.7 Å². The molecule has 0 aromatic heterocycles. The van der Waals surface area contributed by atoms with Crippen LogP contribution in [0.3, 0.4) is 0 Å². The molecule has 28 heavy (non-hydrogen) atoms. The SMILES string of the molecule is CC(NC(=O)c1cccc(CN2CCOCC2)c1)c1ccc(C(C)(C)C)cc1. The molecule has 1 aliphatic rings. The maximum atomic E-state index is 12.8. The lowest BCUT2D eigenvalue weighted by atomic mass is 9.86. The van der Waals surface area contributed by atoms with Gasteiger partial charge in [0.15, 0.2) is 0 Å². The van der Waals surface area contributed by atoms with Gasteiger partial charge in [0.1, 0.15) is 0 Å². The molecule has 3 rings (SSSR count). The lowest BCUT2D eigenvalue weighted by molar-refractivity contribution is 0.0342. The average molecular weight is 381 g/mol. The van der Waals surface area contributed by atoms with Gasteiger partial charge < -0.3 is 10.1 Å². The summed E-state index contributed by atoms with van der Waals surface area (Å²) in [5.41, 5.74) is 4.42. The molecule has 1 heterocycles. The normalized spacial score (nSPS) is 16.6. The molecule has 1 unspecified atom stereocenters. The number of nitrogens with one attached hydrogen (secondary N) is 1. The van der Waals surface area contributed by atoms with E-state index in [4.69, 9.17) is 4.74 Å². The van der Waals surface area contributed by atoms with E-state index in [1.54, 1.807) is 0 Å². The van der Waals surface area contributed by atoms with Crippen LogP contribution in [0.15, 0.2) is 48.5 Å². The Bertz CT molecular complexity index is 787. The van der Waals surface area contributed by atoms with Crippen LogP contribution in [0.5, 0.6) is 0 Å². The van der Waals surface area contributed by atoms with Gasteiger partial charge in [-0.1, -0.05) is 57.2 Å². The highest BCUT2D eigenvalue weighted by Gasteiger charge is 2.16. The first-order chi connectivity index (χ1) is 13.3. The summed E-state index contributed by atoms with van der Waals surface area (Å²) < 4.78 is 5.41. The molecule has 1 atom stereocenters. The molecule has 4 heteroatoms. The molecule has 0 saturated carbocycles. The van der Waals surface area contributed by atoms with Crippen LogP contribution in [0, 0.1) is 0 Å². The summed E-state index contributed by atoms with van der Waals surface area (Å²) in [4.78, 5) is 15.1. The fourth-order valence-electron chi connectivity index (χ4n) is 3.46. The number of ether oxygens (including phenoxy) is 1. The summed E-state index contributed by atoms with van der Waals surface area (Å²) in [6.07, 6.45) is 0. The first kappa shape index (κ1) is 20.6. The molecule has 2 aromatic carbocycles. The fraction of sp³-hybridized carbons (Fsp3) is 0.458. The van der Waals surface area contributed by atoms with Crippen LogP contribution in [-0.4, -0.2) is 37.1 Å². The maximum absolute atomic E-state index is 12.8. The van der Waals surface area contributed by atoms with Crippen molar-refractivity contribution in [3.05, 3.63) is 70.8 Å². The van der Waals surface area contributed by atoms with Gasteiger partial charge in [-0.15, -0.1) is 0 Å². The Balaban J connectivity index is 1.63. The summed E-state index contributed by atoms with van der Waals surface area (Å²) in [6, 6.07) is 16.4. The van der Waals surface area contributed by atoms with Gasteiger partial charge in [-0.25, -0.2) is 0 Å². The number of morpholine rings is 1. The Morgan fingerprint density at radius 2 is 1.79 bits per heavy atom. The van der Waals surface area contributed by atoms with E-state index >= 15 is 0 Å². The van der Waals surface area contributed by atoms with Crippen molar-refractivity contribution in [3.63, 3.8) is 0 Å². The molecule has 1 N–H and O–H groups in total. The van der Waals surface area contributed by atoms with Gasteiger partial charge in [-0.2, -0.15) is 0 Å². The van der Waals surface area contributed by atoms with Crippen LogP contribution in [0.2, 0.25) is 0 Å². The van der Waals surface area contributed by atoms with Gasteiger partial charge in [-0.05, 0) is 41.2 Å². The van der Waals surface area contributed by atoms with Crippen molar-refractivity contribution in [1.82, 2.24) is 10.2 Å². The predicted octanol–water partition coefficient (Wildman–Crippen LogP) is 4.31. The second kappa shape index (κ2) is 8.89. The van der Waals surface area contributed by atoms with Crippen LogP contribution < -0.4 is 5.32 Å². The molecule has 0 bridgehead atoms. The minimum absolute atomic E-state index is 0.0313. The lowest BCUT2D eigenvalue weighted by Crippen LogP contribution is -2.35. The molecule has 0 radical (unpaired) electrons. The third-order valence-corrected chi connectivity index (χ3v) is 5.32. The fourth-order valence-corrected chi connectivity index (χ4v) is 3.46. The number of amides is 1. The van der Waals surface area contributed by atoms with E-state index in [0.717, 1.165) is 44.0 Å². The van der Waals surface area contributed by atoms with Crippen molar-refractivity contribution in [2.75, 3.05) is 26.3 Å². The summed E-state index contributed by atoms with van der Waals surface area (Å²) in [7, 11) is 0. The van der Waals surface area contributed by atoms with Gasteiger partial charge in [0.2, 0.25) is 0 Å². The number of hydrogen-bond acceptors (Lipinski definition) is 3. The van der Waals surface area contributed by atoms with Crippen LogP contribution in [0.4, 0.5) is 0 Å². The standard InChI is InChI=1S/C24H32N2O2/c1-18(20-8-10-22(11-9-20)24(2,3)4)25-23(27)21-7-5-6-19(16-21)17-26-12-14-28-15-13-26/h5-11,16,18H,12-15,17H2,1-4H3,(H,25,27). The van der Waals surface area contributed by atoms with E-state index in [9.17, 15) is 4.79 Å². The van der Waals surface area contributed by atoms with E-state index in [2.05, 4.69) is 61.3 Å². The van der Waals surface area contributed by atoms with Crippen molar-refractivity contribution in [2.24, 2.45) is 0 Å². The molecule has 1 amide bonds. The second-order valence-electron chi connectivity index (χ2n) is 8.66. The molecule has 150 valence electrons. The van der Waals surface area contributed by atoms with Crippen molar-refractivity contribution in [2.45, 2.75) is 45.7 Å². The molecule has 4 nitrogen and oxygen atoms in total. The number of hydrogen-bond donors (Lipinski definition) is 1. The molecule has 1 saturated heterocycles. The highest BCUT2D eigenvalue weighted by molar-refractivity contribution is 5.94. The van der Waals surface area contributed by atoms with Crippen LogP contribution in [0.1, 0.15) is 60.8 Å². The Morgan fingerprint density at radius 1 is 1.11 bits per heavy atom. The zero-order chi connectivity index (χ0) is 20.1. The van der Waals surface area contributed by atoms with Gasteiger partial charge in [-0.3, -0.25) is 9.69 Å². The smallest absolute Gasteiger partial charge is 0.251 e. The van der Waals surface area contributed by atoms with E-state index < -0.39 is 0 Å². The summed E-state index contributed by atoms with van der Waals surface area (Å²) in [5, 5.41) is 3.13. The minimum Gasteiger partial charge on any atom is -0.379 e. The molecule has 0 aliphatic carbocycles. The highest BCUT2D eigenvalue weighted by Crippen LogP contribution is 2.24. The second-order valence-corrected chi connectivity index (χ2v) is 8.66. The van der Waals surface area contributed by atoms with Gasteiger partial charge in [0.25, 0.3) is 5.91 Å². The zero-order valence-corrected chi connectivity index (χ0v) is 17.5. The number of carbonyl (C=O) groups is 1. The van der Waals surface area contributed by atoms with Crippen LogP contribution >= 0.6 is 0 Å². The van der Waals surface area contributed by atoms with Crippen LogP contribution in [0.25, 0.3) is 0 Å². The van der Waals surface area contributed by atoms with Crippen molar-refractivity contribution in [1.29, 1.82) is 0 Å². The Kier molecular flexibility index (Phi) is 6.53. The summed E-state index contributed by atoms with van der Waals surface area (Å²) in [6.45, 7) is 13.0. The van der Waals surface area contributed by atoms with Gasteiger partial charge in [0.05, 0.1) is 19.3 Å². The monoisotopic (exact) mass is 380 g/mol. The lowest BCUT2D eigenvalue weighted by Gasteiger charge is -2.26. The molecule has 1 fully saturated rings. The Labute approximate surface area is 168 Å². The third-order valence-electron chi connectivity index (χ3n) is 5.32. The zero-order valence-electron chi connectivity index (χ0n) is 17.5. The van der Waals surface area contributed by atoms with E-state index in [0.29, 0.717) is 5.56 Å². The largest absolute Gasteiger partial charge is 0.379 e. The molecule has 1 aliphatic heterocycles. The molecular weight excluding hydrogens is 348 g/mol. The molecule has 0 spiro atoms. The Hall–Kier alpha value is -2.17. The van der Waals surface area contributed by atoms with Gasteiger partial charge in [0, 0.05) is 25.2 Å². The minimum atomic E-state index is -0.0376. The quantitative estimate of drug-likeness (QED) is 0.840. The van der Waals surface area contributed by atoms with Gasteiger partial charge >= 0.3 is 0 Å². The highest BCUT2D eigenvalue weighted by atomic mass is 16.5. The Morgan fingerprint density at radius 3 is 2.43 bits per heavy atom. The van der Waals surface area contributed by atoms with Crippen molar-refractivity contribution < 1.29 is 9.53 Å². The number of benzene rings is 2. The molecule has 2 aromatic rings. The summed E-state index contributed by atoms with van der Waals surface area (Å²) >= 11 is 0. The van der Waals surface area contributed by atoms with E-state index in [1.165, 1.54) is 5.56 Å². The number of rotatable bonds is 5. The number of carbonyl (C=O) groups excluding carboxylic acids is 1. The first-order valence-corrected chi connectivity index (χ1v) is 10.1. The third kappa shape index (κ3) is 5.43. The maximum Gasteiger partial charge on any atom is 0.251 e. The average Bonchev–Trinajstić information content (AvgIpc) is 2.68. The first-order valence-electron chi connectivity index (χ1n) is 10.1. The van der Waals surface area contributed by atoms with Crippen molar-refractivity contribution in [3.8, 4) is 0 Å².